The third-order valence-electron chi connectivity index (χ3n) is 3.27. The quantitative estimate of drug-likeness (QED) is 0.792. The number of hydrogen-bond acceptors (Lipinski definition) is 1. The fourth-order valence-electron chi connectivity index (χ4n) is 2.12. The van der Waals surface area contributed by atoms with Crippen LogP contribution in [0.5, 0.6) is 0 Å². The van der Waals surface area contributed by atoms with E-state index in [-0.39, 0.29) is 11.7 Å². The monoisotopic (exact) mass is 349 g/mol. The maximum atomic E-state index is 13.2. The lowest BCUT2D eigenvalue weighted by molar-refractivity contribution is -0.130. The van der Waals surface area contributed by atoms with Gasteiger partial charge >= 0.3 is 0 Å². The van der Waals surface area contributed by atoms with Crippen molar-refractivity contribution in [2.75, 3.05) is 6.54 Å². The van der Waals surface area contributed by atoms with Gasteiger partial charge in [0.05, 0.1) is 6.42 Å². The van der Waals surface area contributed by atoms with E-state index in [0.717, 1.165) is 15.6 Å². The number of carbonyl (C=O) groups is 1. The van der Waals surface area contributed by atoms with E-state index in [4.69, 9.17) is 0 Å². The number of rotatable bonds is 5. The first-order valence-corrected chi connectivity index (χ1v) is 7.64. The Hall–Kier alpha value is -1.68. The number of benzene rings is 2. The van der Waals surface area contributed by atoms with Crippen LogP contribution in [0.1, 0.15) is 18.1 Å². The van der Waals surface area contributed by atoms with Gasteiger partial charge in [-0.2, -0.15) is 0 Å². The van der Waals surface area contributed by atoms with Crippen LogP contribution in [0.2, 0.25) is 0 Å². The van der Waals surface area contributed by atoms with Crippen molar-refractivity contribution in [3.63, 3.8) is 0 Å². The molecule has 0 saturated carbocycles. The van der Waals surface area contributed by atoms with E-state index in [2.05, 4.69) is 15.9 Å². The van der Waals surface area contributed by atoms with Crippen molar-refractivity contribution in [3.05, 3.63) is 69.9 Å². The topological polar surface area (TPSA) is 20.3 Å². The number of nitrogens with zero attached hydrogens (tertiary/aromatic N) is 1. The average Bonchev–Trinajstić information content (AvgIpc) is 2.47. The van der Waals surface area contributed by atoms with Crippen LogP contribution in [0.3, 0.4) is 0 Å². The summed E-state index contributed by atoms with van der Waals surface area (Å²) in [6.07, 6.45) is 0.358. The lowest BCUT2D eigenvalue weighted by atomic mass is 10.1. The van der Waals surface area contributed by atoms with E-state index in [1.54, 1.807) is 11.0 Å². The van der Waals surface area contributed by atoms with Gasteiger partial charge in [-0.05, 0) is 42.3 Å². The summed E-state index contributed by atoms with van der Waals surface area (Å²) >= 11 is 3.37. The molecule has 0 spiro atoms. The molecule has 1 amide bonds. The molecule has 2 aromatic rings. The van der Waals surface area contributed by atoms with Crippen molar-refractivity contribution in [1.82, 2.24) is 4.90 Å². The average molecular weight is 350 g/mol. The minimum Gasteiger partial charge on any atom is -0.338 e. The van der Waals surface area contributed by atoms with Gasteiger partial charge in [0.25, 0.3) is 0 Å². The van der Waals surface area contributed by atoms with Gasteiger partial charge in [0, 0.05) is 17.6 Å². The Kier molecular flexibility index (Phi) is 5.51. The van der Waals surface area contributed by atoms with Gasteiger partial charge < -0.3 is 4.90 Å². The zero-order chi connectivity index (χ0) is 15.2. The summed E-state index contributed by atoms with van der Waals surface area (Å²) in [5, 5.41) is 0. The summed E-state index contributed by atoms with van der Waals surface area (Å²) in [4.78, 5) is 14.1. The van der Waals surface area contributed by atoms with Crippen molar-refractivity contribution in [1.29, 1.82) is 0 Å². The third kappa shape index (κ3) is 4.67. The van der Waals surface area contributed by atoms with Gasteiger partial charge in [-0.3, -0.25) is 4.79 Å². The Morgan fingerprint density at radius 3 is 2.48 bits per heavy atom. The standard InChI is InChI=1S/C17H17BrFNO/c1-2-20(12-14-4-3-5-16(19)10-14)17(21)11-13-6-8-15(18)9-7-13/h3-10H,2,11-12H2,1H3. The zero-order valence-corrected chi connectivity index (χ0v) is 13.4. The Balaban J connectivity index is 2.03. The first kappa shape index (κ1) is 15.7. The Morgan fingerprint density at radius 2 is 1.86 bits per heavy atom. The highest BCUT2D eigenvalue weighted by Crippen LogP contribution is 2.13. The fraction of sp³-hybridized carbons (Fsp3) is 0.235. The molecular weight excluding hydrogens is 333 g/mol. The van der Waals surface area contributed by atoms with Gasteiger partial charge in [-0.1, -0.05) is 40.2 Å². The molecule has 110 valence electrons. The zero-order valence-electron chi connectivity index (χ0n) is 11.9. The van der Waals surface area contributed by atoms with Crippen LogP contribution in [-0.2, 0) is 17.8 Å². The molecule has 0 aliphatic heterocycles. The summed E-state index contributed by atoms with van der Waals surface area (Å²) in [5.41, 5.74) is 1.78. The predicted molar refractivity (Wildman–Crippen MR) is 85.3 cm³/mol. The third-order valence-corrected chi connectivity index (χ3v) is 3.79. The van der Waals surface area contributed by atoms with E-state index in [9.17, 15) is 9.18 Å². The first-order valence-electron chi connectivity index (χ1n) is 6.85. The van der Waals surface area contributed by atoms with Crippen LogP contribution in [-0.4, -0.2) is 17.4 Å². The summed E-state index contributed by atoms with van der Waals surface area (Å²) in [6.45, 7) is 2.97. The van der Waals surface area contributed by atoms with Crippen LogP contribution in [0.15, 0.2) is 53.0 Å². The smallest absolute Gasteiger partial charge is 0.227 e. The molecule has 0 aliphatic rings. The number of carbonyl (C=O) groups excluding carboxylic acids is 1. The molecule has 2 aromatic carbocycles. The molecule has 0 fully saturated rings. The molecule has 21 heavy (non-hydrogen) atoms. The molecule has 0 aliphatic carbocycles. The van der Waals surface area contributed by atoms with Crippen molar-refractivity contribution >= 4 is 21.8 Å². The Morgan fingerprint density at radius 1 is 1.14 bits per heavy atom. The molecule has 0 saturated heterocycles. The fourth-order valence-corrected chi connectivity index (χ4v) is 2.39. The number of amides is 1. The molecule has 0 aromatic heterocycles. The summed E-state index contributed by atoms with van der Waals surface area (Å²) in [7, 11) is 0. The molecule has 2 nitrogen and oxygen atoms in total. The first-order chi connectivity index (χ1) is 10.1. The lowest BCUT2D eigenvalue weighted by Gasteiger charge is -2.21. The van der Waals surface area contributed by atoms with E-state index >= 15 is 0 Å². The lowest BCUT2D eigenvalue weighted by Crippen LogP contribution is -2.31. The number of likely N-dealkylation sites (N-methyl/N-ethyl adjacent to an activating group) is 1. The second kappa shape index (κ2) is 7.36. The maximum Gasteiger partial charge on any atom is 0.227 e. The SMILES string of the molecule is CCN(Cc1cccc(F)c1)C(=O)Cc1ccc(Br)cc1. The highest BCUT2D eigenvalue weighted by atomic mass is 79.9. The van der Waals surface area contributed by atoms with E-state index < -0.39 is 0 Å². The van der Waals surface area contributed by atoms with Crippen LogP contribution >= 0.6 is 15.9 Å². The predicted octanol–water partition coefficient (Wildman–Crippen LogP) is 4.18. The normalized spacial score (nSPS) is 10.4. The molecule has 0 atom stereocenters. The van der Waals surface area contributed by atoms with Gasteiger partial charge in [0.15, 0.2) is 0 Å². The van der Waals surface area contributed by atoms with E-state index in [1.165, 1.54) is 12.1 Å². The van der Waals surface area contributed by atoms with Crippen molar-refractivity contribution < 1.29 is 9.18 Å². The van der Waals surface area contributed by atoms with Crippen molar-refractivity contribution in [2.45, 2.75) is 19.9 Å². The summed E-state index contributed by atoms with van der Waals surface area (Å²) < 4.78 is 14.2. The minimum absolute atomic E-state index is 0.0454. The van der Waals surface area contributed by atoms with Crippen LogP contribution in [0.4, 0.5) is 4.39 Å². The molecule has 0 unspecified atom stereocenters. The molecular formula is C17H17BrFNO. The second-order valence-electron chi connectivity index (χ2n) is 4.84. The van der Waals surface area contributed by atoms with Gasteiger partial charge in [0.2, 0.25) is 5.91 Å². The van der Waals surface area contributed by atoms with Crippen LogP contribution in [0, 0.1) is 5.82 Å². The van der Waals surface area contributed by atoms with Crippen molar-refractivity contribution in [2.24, 2.45) is 0 Å². The second-order valence-corrected chi connectivity index (χ2v) is 5.76. The molecule has 0 N–H and O–H groups in total. The van der Waals surface area contributed by atoms with Crippen LogP contribution < -0.4 is 0 Å². The van der Waals surface area contributed by atoms with Crippen LogP contribution in [0.25, 0.3) is 0 Å². The van der Waals surface area contributed by atoms with Gasteiger partial charge in [-0.25, -0.2) is 4.39 Å². The minimum atomic E-state index is -0.274. The molecule has 2 rings (SSSR count). The Labute approximate surface area is 132 Å². The maximum absolute atomic E-state index is 13.2. The van der Waals surface area contributed by atoms with Gasteiger partial charge in [0.1, 0.15) is 5.82 Å². The van der Waals surface area contributed by atoms with Gasteiger partial charge in [-0.15, -0.1) is 0 Å². The molecule has 0 bridgehead atoms. The van der Waals surface area contributed by atoms with E-state index in [1.807, 2.05) is 37.3 Å². The largest absolute Gasteiger partial charge is 0.338 e. The number of hydrogen-bond donors (Lipinski definition) is 0. The summed E-state index contributed by atoms with van der Waals surface area (Å²) in [6, 6.07) is 14.1. The summed E-state index contributed by atoms with van der Waals surface area (Å²) in [5.74, 6) is -0.229. The molecule has 0 heterocycles. The number of halogens is 2. The van der Waals surface area contributed by atoms with Crippen molar-refractivity contribution in [3.8, 4) is 0 Å². The molecule has 0 radical (unpaired) electrons. The molecule has 4 heteroatoms. The highest BCUT2D eigenvalue weighted by molar-refractivity contribution is 9.10. The highest BCUT2D eigenvalue weighted by Gasteiger charge is 2.13. The Bertz CT molecular complexity index is 612. The van der Waals surface area contributed by atoms with E-state index in [0.29, 0.717) is 19.5 Å².